The number of hydrogen-bond donors (Lipinski definition) is 3. The van der Waals surface area contributed by atoms with Crippen molar-refractivity contribution < 1.29 is 37.1 Å². The van der Waals surface area contributed by atoms with Crippen molar-refractivity contribution >= 4 is 56.3 Å². The Morgan fingerprint density at radius 3 is 2.59 bits per heavy atom. The number of carbonyl (C=O) groups is 4. The van der Waals surface area contributed by atoms with E-state index in [9.17, 15) is 27.6 Å². The summed E-state index contributed by atoms with van der Waals surface area (Å²) in [5.41, 5.74) is -0.643. The molecule has 1 aromatic carbocycles. The minimum Gasteiger partial charge on any atom is -0.483 e. The molecule has 4 fully saturated rings. The van der Waals surface area contributed by atoms with Crippen LogP contribution in [0.2, 0.25) is 5.02 Å². The van der Waals surface area contributed by atoms with E-state index in [1.165, 1.54) is 4.90 Å². The Hall–Kier alpha value is -3.91. The average molecular weight is 782 g/mol. The number of aromatic nitrogens is 1. The van der Waals surface area contributed by atoms with Crippen molar-refractivity contribution in [2.24, 2.45) is 5.92 Å². The normalized spacial score (nSPS) is 31.1. The van der Waals surface area contributed by atoms with Gasteiger partial charge < -0.3 is 25.0 Å². The Kier molecular flexibility index (Phi) is 8.99. The summed E-state index contributed by atoms with van der Waals surface area (Å²) in [6.45, 7) is 5.37. The monoisotopic (exact) mass is 781 g/mol. The van der Waals surface area contributed by atoms with Crippen molar-refractivity contribution in [3.8, 4) is 5.75 Å². The van der Waals surface area contributed by atoms with Gasteiger partial charge in [0.2, 0.25) is 21.8 Å². The predicted molar refractivity (Wildman–Crippen MR) is 200 cm³/mol. The highest BCUT2D eigenvalue weighted by molar-refractivity contribution is 7.91. The van der Waals surface area contributed by atoms with E-state index in [1.54, 1.807) is 6.92 Å². The summed E-state index contributed by atoms with van der Waals surface area (Å²) >= 11 is 6.28. The van der Waals surface area contributed by atoms with E-state index in [-0.39, 0.29) is 19.4 Å². The van der Waals surface area contributed by atoms with Gasteiger partial charge in [0.15, 0.2) is 0 Å². The molecule has 1 aromatic heterocycles. The third-order valence-corrected chi connectivity index (χ3v) is 14.9. The summed E-state index contributed by atoms with van der Waals surface area (Å²) in [4.78, 5) is 62.6. The largest absolute Gasteiger partial charge is 0.483 e. The first-order valence-corrected chi connectivity index (χ1v) is 21.0. The molecule has 0 radical (unpaired) electrons. The minimum absolute atomic E-state index is 0.0572. The number of alkyl carbamates (subject to hydrolysis) is 1. The van der Waals surface area contributed by atoms with E-state index >= 15 is 0 Å². The number of sulfonamides is 1. The standard InChI is InChI=1S/C39H48ClN5O8S/c1-23-31-27(26-12-11-25(40)19-29(26)41-23)13-14-38(52-31)21-30-32(46)43-39(34(48)44-54(50,51)37(3)17-18-37)20-24(39)9-7-5-4-6-8-10-28(33(47)45(30)22-38)42-35(49)53-36(2)15-16-36/h7,9,11-12,19,24,28,30H,4-6,8,10,13-18,20-22H2,1-3H3,(H,42,49)(H,43,46)(H,44,48). The van der Waals surface area contributed by atoms with Crippen LogP contribution < -0.4 is 20.1 Å². The average Bonchev–Trinajstić information content (AvgIpc) is 4.07. The molecule has 15 heteroatoms. The second-order valence-corrected chi connectivity index (χ2v) is 19.5. The second kappa shape index (κ2) is 13.1. The highest BCUT2D eigenvalue weighted by Crippen LogP contribution is 2.49. The Balaban J connectivity index is 1.13. The molecule has 3 aliphatic heterocycles. The molecule has 0 bridgehead atoms. The van der Waals surface area contributed by atoms with Crippen LogP contribution >= 0.6 is 11.6 Å². The highest BCUT2D eigenvalue weighted by Gasteiger charge is 2.64. The van der Waals surface area contributed by atoms with Gasteiger partial charge in [-0.25, -0.2) is 18.2 Å². The van der Waals surface area contributed by atoms with Gasteiger partial charge in [-0.05, 0) is 97.1 Å². The summed E-state index contributed by atoms with van der Waals surface area (Å²) in [5, 5.41) is 7.26. The molecule has 290 valence electrons. The van der Waals surface area contributed by atoms with Crippen LogP contribution in [-0.4, -0.2) is 82.2 Å². The Morgan fingerprint density at radius 2 is 1.85 bits per heavy atom. The molecule has 3 N–H and O–H groups in total. The topological polar surface area (TPSA) is 173 Å². The molecule has 13 nitrogen and oxygen atoms in total. The number of pyridine rings is 1. The lowest BCUT2D eigenvalue weighted by molar-refractivity contribution is -0.141. The number of ether oxygens (including phenoxy) is 2. The molecule has 1 spiro atoms. The molecule has 4 amide bonds. The van der Waals surface area contributed by atoms with Gasteiger partial charge in [-0.15, -0.1) is 0 Å². The molecule has 3 saturated carbocycles. The summed E-state index contributed by atoms with van der Waals surface area (Å²) in [5.74, 6) is -1.62. The van der Waals surface area contributed by atoms with Crippen LogP contribution in [0.4, 0.5) is 4.79 Å². The minimum atomic E-state index is -3.98. The number of nitrogens with one attached hydrogen (secondary N) is 3. The fraction of sp³-hybridized carbons (Fsp3) is 0.615. The lowest BCUT2D eigenvalue weighted by Crippen LogP contribution is -2.58. The van der Waals surface area contributed by atoms with E-state index in [2.05, 4.69) is 15.4 Å². The van der Waals surface area contributed by atoms with Gasteiger partial charge in [0.1, 0.15) is 34.6 Å². The van der Waals surface area contributed by atoms with Gasteiger partial charge in [-0.2, -0.15) is 0 Å². The number of aryl methyl sites for hydroxylation is 2. The molecule has 54 heavy (non-hydrogen) atoms. The third-order valence-electron chi connectivity index (χ3n) is 12.5. The van der Waals surface area contributed by atoms with Crippen LogP contribution in [0.3, 0.4) is 0 Å². The van der Waals surface area contributed by atoms with Gasteiger partial charge in [0.05, 0.1) is 22.5 Å². The van der Waals surface area contributed by atoms with Crippen molar-refractivity contribution in [3.63, 3.8) is 0 Å². The van der Waals surface area contributed by atoms with Crippen molar-refractivity contribution in [2.45, 2.75) is 138 Å². The van der Waals surface area contributed by atoms with Gasteiger partial charge >= 0.3 is 6.09 Å². The number of amides is 4. The van der Waals surface area contributed by atoms with Crippen LogP contribution in [0, 0.1) is 12.8 Å². The molecule has 4 heterocycles. The number of nitrogens with zero attached hydrogens (tertiary/aromatic N) is 2. The van der Waals surface area contributed by atoms with Crippen LogP contribution in [0.1, 0.15) is 102 Å². The molecule has 2 aromatic rings. The SMILES string of the molecule is Cc1nc2cc(Cl)ccc2c2c1OC1(CC2)CC2C(=O)NC3(C(=O)NS(=O)(=O)C4(C)CC4)CC3C=CCCCCCC(NC(=O)OC3(C)CC3)C(=O)N2C1. The molecular formula is C39H48ClN5O8S. The number of carbonyl (C=O) groups excluding carboxylic acids is 4. The molecule has 3 aliphatic carbocycles. The summed E-state index contributed by atoms with van der Waals surface area (Å²) in [6.07, 6.45) is 10.3. The molecule has 8 rings (SSSR count). The Morgan fingerprint density at radius 1 is 1.07 bits per heavy atom. The van der Waals surface area contributed by atoms with Crippen molar-refractivity contribution in [3.05, 3.63) is 46.6 Å². The quantitative estimate of drug-likeness (QED) is 0.357. The lowest BCUT2D eigenvalue weighted by Gasteiger charge is -2.36. The molecule has 5 unspecified atom stereocenters. The van der Waals surface area contributed by atoms with Crippen LogP contribution in [0.5, 0.6) is 5.75 Å². The first-order chi connectivity index (χ1) is 25.5. The first kappa shape index (κ1) is 37.0. The van der Waals surface area contributed by atoms with Crippen LogP contribution in [-0.2, 0) is 35.6 Å². The van der Waals surface area contributed by atoms with E-state index in [1.807, 2.05) is 44.2 Å². The molecule has 6 aliphatic rings. The van der Waals surface area contributed by atoms with E-state index in [0.717, 1.165) is 42.1 Å². The van der Waals surface area contributed by atoms with E-state index in [0.29, 0.717) is 61.4 Å². The van der Waals surface area contributed by atoms with E-state index in [4.69, 9.17) is 26.1 Å². The maximum atomic E-state index is 14.7. The zero-order valence-corrected chi connectivity index (χ0v) is 32.5. The number of halogens is 1. The predicted octanol–water partition coefficient (Wildman–Crippen LogP) is 4.90. The molecule has 1 saturated heterocycles. The zero-order chi connectivity index (χ0) is 38.3. The van der Waals surface area contributed by atoms with Gasteiger partial charge in [0.25, 0.3) is 5.91 Å². The van der Waals surface area contributed by atoms with Gasteiger partial charge in [0, 0.05) is 28.3 Å². The van der Waals surface area contributed by atoms with E-state index < -0.39 is 73.3 Å². The number of benzene rings is 1. The van der Waals surface area contributed by atoms with Crippen LogP contribution in [0.15, 0.2) is 30.4 Å². The van der Waals surface area contributed by atoms with Crippen molar-refractivity contribution in [1.82, 2.24) is 25.2 Å². The summed E-state index contributed by atoms with van der Waals surface area (Å²) < 4.78 is 40.1. The lowest BCUT2D eigenvalue weighted by atomic mass is 9.87. The van der Waals surface area contributed by atoms with Crippen LogP contribution in [0.25, 0.3) is 10.9 Å². The zero-order valence-electron chi connectivity index (χ0n) is 31.0. The second-order valence-electron chi connectivity index (χ2n) is 16.9. The third kappa shape index (κ3) is 6.82. The number of fused-ring (bicyclic) bond motifs is 5. The van der Waals surface area contributed by atoms with Gasteiger partial charge in [-0.1, -0.05) is 42.7 Å². The number of rotatable bonds is 5. The Bertz CT molecular complexity index is 2080. The van der Waals surface area contributed by atoms with Crippen molar-refractivity contribution in [1.29, 1.82) is 0 Å². The summed E-state index contributed by atoms with van der Waals surface area (Å²) in [7, 11) is -3.98. The number of allylic oxidation sites excluding steroid dienone is 1. The summed E-state index contributed by atoms with van der Waals surface area (Å²) in [6, 6.07) is 3.51. The maximum Gasteiger partial charge on any atom is 0.408 e. The smallest absolute Gasteiger partial charge is 0.408 e. The van der Waals surface area contributed by atoms with Crippen molar-refractivity contribution in [2.75, 3.05) is 6.54 Å². The Labute approximate surface area is 320 Å². The maximum absolute atomic E-state index is 14.7. The highest BCUT2D eigenvalue weighted by atomic mass is 35.5. The fourth-order valence-electron chi connectivity index (χ4n) is 8.34. The number of hydrogen-bond acceptors (Lipinski definition) is 9. The first-order valence-electron chi connectivity index (χ1n) is 19.2. The van der Waals surface area contributed by atoms with Gasteiger partial charge in [-0.3, -0.25) is 19.1 Å². The molecular weight excluding hydrogens is 734 g/mol. The molecule has 5 atom stereocenters. The fourth-order valence-corrected chi connectivity index (χ4v) is 9.82.